The molecule has 0 amide bonds. The predicted molar refractivity (Wildman–Crippen MR) is 102 cm³/mol. The van der Waals surface area contributed by atoms with Crippen molar-refractivity contribution in [2.24, 2.45) is 0 Å². The van der Waals surface area contributed by atoms with Gasteiger partial charge in [0.05, 0.1) is 19.5 Å². The van der Waals surface area contributed by atoms with Crippen LogP contribution in [0.4, 0.5) is 0 Å². The van der Waals surface area contributed by atoms with E-state index in [4.69, 9.17) is 14.2 Å². The third kappa shape index (κ3) is 3.06. The van der Waals surface area contributed by atoms with Crippen molar-refractivity contribution in [1.29, 1.82) is 0 Å². The van der Waals surface area contributed by atoms with Crippen LogP contribution in [0, 0.1) is 0 Å². The van der Waals surface area contributed by atoms with Gasteiger partial charge in [0.1, 0.15) is 24.6 Å². The molecule has 0 saturated carbocycles. The largest absolute Gasteiger partial charge is 0.394 e. The predicted octanol–water partition coefficient (Wildman–Crippen LogP) is 1.05. The van der Waals surface area contributed by atoms with E-state index in [0.29, 0.717) is 12.2 Å². The first-order valence-corrected chi connectivity index (χ1v) is 9.55. The van der Waals surface area contributed by atoms with Crippen LogP contribution in [-0.2, 0) is 20.8 Å². The number of fused-ring (bicyclic) bond motifs is 2. The number of nitrogens with zero attached hydrogens (tertiary/aromatic N) is 4. The van der Waals surface area contributed by atoms with Crippen LogP contribution in [0.3, 0.4) is 0 Å². The lowest BCUT2D eigenvalue weighted by Gasteiger charge is -2.24. The molecule has 9 heteroatoms. The highest BCUT2D eigenvalue weighted by Gasteiger charge is 2.56. The monoisotopic (exact) mass is 398 g/mol. The lowest BCUT2D eigenvalue weighted by molar-refractivity contribution is -0.200. The number of aliphatic hydroxyl groups is 1. The van der Waals surface area contributed by atoms with Crippen LogP contribution < -0.4 is 5.56 Å². The van der Waals surface area contributed by atoms with Gasteiger partial charge in [-0.15, -0.1) is 0 Å². The number of benzene rings is 1. The van der Waals surface area contributed by atoms with Gasteiger partial charge in [-0.3, -0.25) is 9.36 Å². The smallest absolute Gasteiger partial charge is 0.283 e. The van der Waals surface area contributed by atoms with Crippen molar-refractivity contribution in [3.05, 3.63) is 58.9 Å². The number of aromatic nitrogens is 4. The third-order valence-electron chi connectivity index (χ3n) is 5.33. The zero-order valence-electron chi connectivity index (χ0n) is 16.1. The van der Waals surface area contributed by atoms with Gasteiger partial charge in [-0.2, -0.15) is 0 Å². The van der Waals surface area contributed by atoms with E-state index in [9.17, 15) is 9.90 Å². The van der Waals surface area contributed by atoms with Crippen molar-refractivity contribution in [2.45, 2.75) is 50.7 Å². The number of ether oxygens (including phenoxy) is 3. The summed E-state index contributed by atoms with van der Waals surface area (Å²) in [4.78, 5) is 21.9. The molecule has 3 aromatic rings. The molecule has 1 aromatic carbocycles. The van der Waals surface area contributed by atoms with E-state index in [2.05, 4.69) is 9.97 Å². The molecular weight excluding hydrogens is 376 g/mol. The SMILES string of the molecule is CC1(C)O[C@@H]2[C@H](O1)[C@@H](CO)O[C@H]2n1cnc2c(ncn2Cc2ccccc2)c1=O. The molecule has 4 atom stereocenters. The van der Waals surface area contributed by atoms with Crippen molar-refractivity contribution < 1.29 is 19.3 Å². The minimum Gasteiger partial charge on any atom is -0.394 e. The number of hydrogen-bond donors (Lipinski definition) is 1. The second kappa shape index (κ2) is 6.74. The Kier molecular flexibility index (Phi) is 4.28. The van der Waals surface area contributed by atoms with E-state index in [0.717, 1.165) is 5.56 Å². The Hall–Kier alpha value is -2.59. The van der Waals surface area contributed by atoms with Crippen LogP contribution in [-0.4, -0.2) is 54.9 Å². The molecule has 0 bridgehead atoms. The summed E-state index contributed by atoms with van der Waals surface area (Å²) >= 11 is 0. The molecule has 0 aliphatic carbocycles. The van der Waals surface area contributed by atoms with E-state index in [-0.39, 0.29) is 17.7 Å². The van der Waals surface area contributed by atoms with Gasteiger partial charge in [0.15, 0.2) is 23.2 Å². The van der Waals surface area contributed by atoms with Crippen molar-refractivity contribution in [1.82, 2.24) is 19.1 Å². The lowest BCUT2D eigenvalue weighted by atomic mass is 10.1. The summed E-state index contributed by atoms with van der Waals surface area (Å²) in [6.07, 6.45) is 0.754. The molecule has 0 unspecified atom stereocenters. The van der Waals surface area contributed by atoms with Crippen molar-refractivity contribution >= 4 is 11.2 Å². The standard InChI is InChI=1S/C20H22N4O5/c1-20(2)28-15-13(9-25)27-19(16(15)29-20)24-11-22-17-14(18(24)26)21-10-23(17)8-12-6-4-3-5-7-12/h3-7,10-11,13,15-16,19,25H,8-9H2,1-2H3/t13-,15-,16-,19-/m1/s1. The van der Waals surface area contributed by atoms with Gasteiger partial charge >= 0.3 is 0 Å². The molecule has 2 aliphatic rings. The Morgan fingerprint density at radius 3 is 2.62 bits per heavy atom. The molecule has 29 heavy (non-hydrogen) atoms. The zero-order valence-corrected chi connectivity index (χ0v) is 16.1. The van der Waals surface area contributed by atoms with Gasteiger partial charge in [0.25, 0.3) is 5.56 Å². The molecule has 0 radical (unpaired) electrons. The highest BCUT2D eigenvalue weighted by Crippen LogP contribution is 2.42. The van der Waals surface area contributed by atoms with Crippen LogP contribution >= 0.6 is 0 Å². The highest BCUT2D eigenvalue weighted by molar-refractivity contribution is 5.69. The fraction of sp³-hybridized carbons (Fsp3) is 0.450. The molecule has 2 aromatic heterocycles. The quantitative estimate of drug-likeness (QED) is 0.701. The molecule has 2 saturated heterocycles. The number of aliphatic hydroxyl groups excluding tert-OH is 1. The average Bonchev–Trinajstić information content (AvgIpc) is 3.34. The maximum atomic E-state index is 13.1. The zero-order chi connectivity index (χ0) is 20.2. The maximum Gasteiger partial charge on any atom is 0.283 e. The highest BCUT2D eigenvalue weighted by atomic mass is 16.8. The Balaban J connectivity index is 1.50. The molecule has 2 aliphatic heterocycles. The van der Waals surface area contributed by atoms with Crippen molar-refractivity contribution in [2.75, 3.05) is 6.61 Å². The molecule has 4 heterocycles. The number of rotatable bonds is 4. The summed E-state index contributed by atoms with van der Waals surface area (Å²) in [5.74, 6) is -0.816. The summed E-state index contributed by atoms with van der Waals surface area (Å²) in [6.45, 7) is 3.93. The van der Waals surface area contributed by atoms with Crippen LogP contribution in [0.5, 0.6) is 0 Å². The van der Waals surface area contributed by atoms with Crippen LogP contribution in [0.1, 0.15) is 25.6 Å². The summed E-state index contributed by atoms with van der Waals surface area (Å²) in [6, 6.07) is 9.90. The Morgan fingerprint density at radius 1 is 1.10 bits per heavy atom. The molecule has 1 N–H and O–H groups in total. The van der Waals surface area contributed by atoms with Gasteiger partial charge < -0.3 is 23.9 Å². The van der Waals surface area contributed by atoms with Crippen molar-refractivity contribution in [3.63, 3.8) is 0 Å². The summed E-state index contributed by atoms with van der Waals surface area (Å²) in [5.41, 5.74) is 1.53. The third-order valence-corrected chi connectivity index (χ3v) is 5.33. The average molecular weight is 398 g/mol. The van der Waals surface area contributed by atoms with Crippen LogP contribution in [0.15, 0.2) is 47.8 Å². The van der Waals surface area contributed by atoms with Gasteiger partial charge in [-0.05, 0) is 19.4 Å². The Bertz CT molecular complexity index is 1090. The molecule has 152 valence electrons. The van der Waals surface area contributed by atoms with Gasteiger partial charge in [0.2, 0.25) is 0 Å². The first-order valence-electron chi connectivity index (χ1n) is 9.55. The summed E-state index contributed by atoms with van der Waals surface area (Å²) in [7, 11) is 0. The summed E-state index contributed by atoms with van der Waals surface area (Å²) in [5, 5.41) is 9.65. The van der Waals surface area contributed by atoms with Gasteiger partial charge in [-0.1, -0.05) is 30.3 Å². The second-order valence-electron chi connectivity index (χ2n) is 7.80. The number of hydrogen-bond acceptors (Lipinski definition) is 7. The molecule has 9 nitrogen and oxygen atoms in total. The van der Waals surface area contributed by atoms with E-state index in [1.54, 1.807) is 20.2 Å². The maximum absolute atomic E-state index is 13.1. The van der Waals surface area contributed by atoms with E-state index < -0.39 is 30.3 Å². The van der Waals surface area contributed by atoms with E-state index >= 15 is 0 Å². The minimum atomic E-state index is -0.816. The fourth-order valence-electron chi connectivity index (χ4n) is 4.06. The lowest BCUT2D eigenvalue weighted by Crippen LogP contribution is -2.34. The Labute approximate surface area is 166 Å². The Morgan fingerprint density at radius 2 is 1.86 bits per heavy atom. The minimum absolute atomic E-state index is 0.229. The van der Waals surface area contributed by atoms with E-state index in [1.165, 1.54) is 10.9 Å². The van der Waals surface area contributed by atoms with Crippen molar-refractivity contribution in [3.8, 4) is 0 Å². The topological polar surface area (TPSA) is 101 Å². The number of imidazole rings is 1. The molecule has 2 fully saturated rings. The molecule has 5 rings (SSSR count). The fourth-order valence-corrected chi connectivity index (χ4v) is 4.06. The molecule has 0 spiro atoms. The second-order valence-corrected chi connectivity index (χ2v) is 7.80. The molecular formula is C20H22N4O5. The van der Waals surface area contributed by atoms with Gasteiger partial charge in [0, 0.05) is 0 Å². The van der Waals surface area contributed by atoms with Crippen LogP contribution in [0.2, 0.25) is 0 Å². The van der Waals surface area contributed by atoms with E-state index in [1.807, 2.05) is 34.9 Å². The normalized spacial score (nSPS) is 28.1. The summed E-state index contributed by atoms with van der Waals surface area (Å²) < 4.78 is 20.9. The van der Waals surface area contributed by atoms with Crippen LogP contribution in [0.25, 0.3) is 11.2 Å². The first-order chi connectivity index (χ1) is 14.0. The first kappa shape index (κ1) is 18.4. The van der Waals surface area contributed by atoms with Gasteiger partial charge in [-0.25, -0.2) is 9.97 Å².